The van der Waals surface area contributed by atoms with Crippen LogP contribution in [0.2, 0.25) is 5.02 Å². The van der Waals surface area contributed by atoms with E-state index in [2.05, 4.69) is 31.2 Å². The molecule has 1 aromatic rings. The first-order valence-corrected chi connectivity index (χ1v) is 7.32. The summed E-state index contributed by atoms with van der Waals surface area (Å²) < 4.78 is 0. The third kappa shape index (κ3) is 3.55. The molecule has 0 aliphatic carbocycles. The van der Waals surface area contributed by atoms with Crippen molar-refractivity contribution in [2.24, 2.45) is 0 Å². The Kier molecular flexibility index (Phi) is 5.67. The fourth-order valence-corrected chi connectivity index (χ4v) is 2.78. The molecule has 0 amide bonds. The highest BCUT2D eigenvalue weighted by Gasteiger charge is 2.13. The molecule has 0 radical (unpaired) electrons. The molecule has 0 aliphatic heterocycles. The maximum atomic E-state index is 8.84. The van der Waals surface area contributed by atoms with Gasteiger partial charge in [0.2, 0.25) is 0 Å². The van der Waals surface area contributed by atoms with Crippen LogP contribution in [-0.2, 0) is 0 Å². The molecular formula is C13H17ClN2S. The lowest BCUT2D eigenvalue weighted by Crippen LogP contribution is -2.33. The zero-order chi connectivity index (χ0) is 12.8. The third-order valence-corrected chi connectivity index (χ3v) is 3.89. The molecule has 1 aromatic carbocycles. The van der Waals surface area contributed by atoms with Gasteiger partial charge in [-0.2, -0.15) is 17.0 Å². The summed E-state index contributed by atoms with van der Waals surface area (Å²) in [6.07, 6.45) is 3.21. The number of anilines is 1. The van der Waals surface area contributed by atoms with E-state index in [1.54, 1.807) is 6.07 Å². The van der Waals surface area contributed by atoms with Gasteiger partial charge in [0.25, 0.3) is 0 Å². The minimum Gasteiger partial charge on any atom is -0.371 e. The van der Waals surface area contributed by atoms with Crippen molar-refractivity contribution in [3.63, 3.8) is 0 Å². The highest BCUT2D eigenvalue weighted by molar-refractivity contribution is 7.98. The van der Waals surface area contributed by atoms with Crippen LogP contribution < -0.4 is 4.90 Å². The Balaban J connectivity index is 2.92. The van der Waals surface area contributed by atoms with E-state index in [0.717, 1.165) is 17.9 Å². The lowest BCUT2D eigenvalue weighted by molar-refractivity contribution is 0.673. The monoisotopic (exact) mass is 268 g/mol. The summed E-state index contributed by atoms with van der Waals surface area (Å²) in [4.78, 5) is 2.23. The largest absolute Gasteiger partial charge is 0.371 e. The average Bonchev–Trinajstić information content (AvgIpc) is 2.35. The molecule has 0 aliphatic rings. The van der Waals surface area contributed by atoms with Crippen LogP contribution in [0.15, 0.2) is 18.2 Å². The molecule has 0 saturated carbocycles. The normalized spacial score (nSPS) is 11.9. The van der Waals surface area contributed by atoms with E-state index < -0.39 is 0 Å². The molecule has 0 aromatic heterocycles. The second-order valence-corrected chi connectivity index (χ2v) is 5.22. The topological polar surface area (TPSA) is 27.0 Å². The maximum Gasteiger partial charge on any atom is 0.101 e. The zero-order valence-electron chi connectivity index (χ0n) is 10.4. The summed E-state index contributed by atoms with van der Waals surface area (Å²) in [5.41, 5.74) is 1.59. The predicted octanol–water partition coefficient (Wildman–Crippen LogP) is 3.79. The Hall–Kier alpha value is -0.850. The van der Waals surface area contributed by atoms with Crippen LogP contribution in [0.25, 0.3) is 0 Å². The molecule has 0 bridgehead atoms. The minimum absolute atomic E-state index is 0.494. The van der Waals surface area contributed by atoms with Gasteiger partial charge in [-0.05, 0) is 30.9 Å². The number of hydrogen-bond acceptors (Lipinski definition) is 3. The van der Waals surface area contributed by atoms with E-state index in [1.807, 2.05) is 23.9 Å². The number of halogens is 1. The average molecular weight is 269 g/mol. The van der Waals surface area contributed by atoms with Crippen molar-refractivity contribution in [3.8, 4) is 6.07 Å². The van der Waals surface area contributed by atoms with E-state index in [1.165, 1.54) is 0 Å². The molecule has 17 heavy (non-hydrogen) atoms. The van der Waals surface area contributed by atoms with Gasteiger partial charge in [-0.25, -0.2) is 0 Å². The standard InChI is InChI=1S/C13H17ClN2S/c1-4-11(9-17-3)16(2)12-6-5-10(8-15)13(14)7-12/h5-7,11H,4,9H2,1-3H3. The first kappa shape index (κ1) is 14.2. The van der Waals surface area contributed by atoms with Crippen molar-refractivity contribution in [2.45, 2.75) is 19.4 Å². The van der Waals surface area contributed by atoms with Crippen LogP contribution >= 0.6 is 23.4 Å². The number of rotatable bonds is 5. The quantitative estimate of drug-likeness (QED) is 0.813. The lowest BCUT2D eigenvalue weighted by Gasteiger charge is -2.29. The smallest absolute Gasteiger partial charge is 0.101 e. The van der Waals surface area contributed by atoms with Gasteiger partial charge in [0.1, 0.15) is 6.07 Å². The first-order valence-electron chi connectivity index (χ1n) is 5.55. The number of thioether (sulfide) groups is 1. The summed E-state index contributed by atoms with van der Waals surface area (Å²) in [5.74, 6) is 1.09. The van der Waals surface area contributed by atoms with Gasteiger partial charge in [0.15, 0.2) is 0 Å². The molecule has 0 fully saturated rings. The molecule has 0 saturated heterocycles. The molecule has 4 heteroatoms. The van der Waals surface area contributed by atoms with E-state index >= 15 is 0 Å². The lowest BCUT2D eigenvalue weighted by atomic mass is 10.1. The molecule has 1 unspecified atom stereocenters. The number of nitrogens with zero attached hydrogens (tertiary/aromatic N) is 2. The summed E-state index contributed by atoms with van der Waals surface area (Å²) in [7, 11) is 2.07. The van der Waals surface area contributed by atoms with E-state index in [-0.39, 0.29) is 0 Å². The molecule has 1 rings (SSSR count). The van der Waals surface area contributed by atoms with Crippen LogP contribution in [0.3, 0.4) is 0 Å². The highest BCUT2D eigenvalue weighted by atomic mass is 35.5. The van der Waals surface area contributed by atoms with Gasteiger partial charge in [-0.3, -0.25) is 0 Å². The van der Waals surface area contributed by atoms with E-state index in [4.69, 9.17) is 16.9 Å². The van der Waals surface area contributed by atoms with Gasteiger partial charge in [0.05, 0.1) is 10.6 Å². The van der Waals surface area contributed by atoms with Crippen LogP contribution in [0, 0.1) is 11.3 Å². The Labute approximate surface area is 113 Å². The predicted molar refractivity (Wildman–Crippen MR) is 77.0 cm³/mol. The molecule has 1 atom stereocenters. The fourth-order valence-electron chi connectivity index (χ4n) is 1.72. The van der Waals surface area contributed by atoms with E-state index in [0.29, 0.717) is 16.6 Å². The van der Waals surface area contributed by atoms with Crippen molar-refractivity contribution in [2.75, 3.05) is 24.0 Å². The van der Waals surface area contributed by atoms with Crippen LogP contribution in [0.5, 0.6) is 0 Å². The Bertz CT molecular complexity index is 414. The van der Waals surface area contributed by atoms with Gasteiger partial charge in [-0.1, -0.05) is 18.5 Å². The number of nitriles is 1. The second-order valence-electron chi connectivity index (χ2n) is 3.90. The summed E-state index contributed by atoms with van der Waals surface area (Å²) in [6, 6.07) is 8.16. The van der Waals surface area contributed by atoms with Gasteiger partial charge in [-0.15, -0.1) is 0 Å². The van der Waals surface area contributed by atoms with Gasteiger partial charge >= 0.3 is 0 Å². The Morgan fingerprint density at radius 1 is 1.53 bits per heavy atom. The summed E-state index contributed by atoms with van der Waals surface area (Å²) >= 11 is 7.89. The number of hydrogen-bond donors (Lipinski definition) is 0. The SMILES string of the molecule is CCC(CSC)N(C)c1ccc(C#N)c(Cl)c1. The summed E-state index contributed by atoms with van der Waals surface area (Å²) in [6.45, 7) is 2.18. The minimum atomic E-state index is 0.494. The van der Waals surface area contributed by atoms with Crippen LogP contribution in [0.4, 0.5) is 5.69 Å². The van der Waals surface area contributed by atoms with Crippen molar-refractivity contribution in [3.05, 3.63) is 28.8 Å². The van der Waals surface area contributed by atoms with E-state index in [9.17, 15) is 0 Å². The highest BCUT2D eigenvalue weighted by Crippen LogP contribution is 2.25. The summed E-state index contributed by atoms with van der Waals surface area (Å²) in [5, 5.41) is 9.36. The van der Waals surface area contributed by atoms with Gasteiger partial charge in [0, 0.05) is 24.5 Å². The molecular weight excluding hydrogens is 252 g/mol. The molecule has 0 spiro atoms. The molecule has 92 valence electrons. The fraction of sp³-hybridized carbons (Fsp3) is 0.462. The molecule has 0 heterocycles. The Morgan fingerprint density at radius 3 is 2.71 bits per heavy atom. The number of benzene rings is 1. The molecule has 2 nitrogen and oxygen atoms in total. The maximum absolute atomic E-state index is 8.84. The van der Waals surface area contributed by atoms with Crippen molar-refractivity contribution >= 4 is 29.1 Å². The van der Waals surface area contributed by atoms with Gasteiger partial charge < -0.3 is 4.90 Å². The Morgan fingerprint density at radius 2 is 2.24 bits per heavy atom. The van der Waals surface area contributed by atoms with Crippen molar-refractivity contribution in [1.29, 1.82) is 5.26 Å². The molecule has 0 N–H and O–H groups in total. The van der Waals surface area contributed by atoms with Crippen LogP contribution in [-0.4, -0.2) is 25.1 Å². The van der Waals surface area contributed by atoms with Crippen LogP contribution in [0.1, 0.15) is 18.9 Å². The second kappa shape index (κ2) is 6.78. The first-order chi connectivity index (χ1) is 8.13. The van der Waals surface area contributed by atoms with Crippen molar-refractivity contribution < 1.29 is 0 Å². The zero-order valence-corrected chi connectivity index (χ0v) is 12.0. The third-order valence-electron chi connectivity index (χ3n) is 2.86. The van der Waals surface area contributed by atoms with Crippen molar-refractivity contribution in [1.82, 2.24) is 0 Å².